The minimum Gasteiger partial charge on any atom is -0.467 e. The van der Waals surface area contributed by atoms with E-state index in [2.05, 4.69) is 6.58 Å². The van der Waals surface area contributed by atoms with Crippen LogP contribution in [0.3, 0.4) is 0 Å². The van der Waals surface area contributed by atoms with Gasteiger partial charge in [0.1, 0.15) is 5.54 Å². The summed E-state index contributed by atoms with van der Waals surface area (Å²) in [5.41, 5.74) is -1.62. The molecular weight excluding hydrogens is 222 g/mol. The van der Waals surface area contributed by atoms with Gasteiger partial charge in [-0.2, -0.15) is 0 Å². The fourth-order valence-corrected chi connectivity index (χ4v) is 2.61. The molecule has 0 saturated carbocycles. The maximum Gasteiger partial charge on any atom is 0.408 e. The van der Waals surface area contributed by atoms with Gasteiger partial charge in [-0.05, 0) is 19.8 Å². The summed E-state index contributed by atoms with van der Waals surface area (Å²) in [5, 5.41) is 9.19. The van der Waals surface area contributed by atoms with Crippen LogP contribution < -0.4 is 0 Å². The van der Waals surface area contributed by atoms with Crippen LogP contribution in [0.1, 0.15) is 26.7 Å². The number of allylic oxidation sites excluding steroid dienone is 1. The molecule has 2 unspecified atom stereocenters. The summed E-state index contributed by atoms with van der Waals surface area (Å²) in [6, 6.07) is 0. The quantitative estimate of drug-likeness (QED) is 0.605. The molecule has 96 valence electrons. The highest BCUT2D eigenvalue weighted by Gasteiger charge is 2.60. The van der Waals surface area contributed by atoms with Gasteiger partial charge in [-0.25, -0.2) is 9.59 Å². The Morgan fingerprint density at radius 1 is 1.53 bits per heavy atom. The van der Waals surface area contributed by atoms with Crippen LogP contribution >= 0.6 is 0 Å². The molecule has 0 aromatic rings. The molecule has 1 rings (SSSR count). The van der Waals surface area contributed by atoms with Crippen molar-refractivity contribution in [2.45, 2.75) is 32.2 Å². The summed E-state index contributed by atoms with van der Waals surface area (Å²) in [6.07, 6.45) is 1.82. The molecule has 0 aromatic heterocycles. The Bertz CT molecular complexity index is 354. The number of rotatable bonds is 3. The molecule has 1 N–H and O–H groups in total. The Labute approximate surface area is 101 Å². The minimum atomic E-state index is -1.15. The first kappa shape index (κ1) is 13.5. The summed E-state index contributed by atoms with van der Waals surface area (Å²) in [4.78, 5) is 24.4. The maximum absolute atomic E-state index is 12.0. The van der Waals surface area contributed by atoms with E-state index in [0.29, 0.717) is 19.4 Å². The predicted octanol–water partition coefficient (Wildman–Crippen LogP) is 1.88. The first-order valence-electron chi connectivity index (χ1n) is 5.53. The molecule has 5 heteroatoms. The highest BCUT2D eigenvalue weighted by atomic mass is 16.5. The van der Waals surface area contributed by atoms with Crippen LogP contribution in [-0.4, -0.2) is 41.3 Å². The van der Waals surface area contributed by atoms with Crippen molar-refractivity contribution in [3.8, 4) is 0 Å². The van der Waals surface area contributed by atoms with E-state index >= 15 is 0 Å². The van der Waals surface area contributed by atoms with E-state index in [1.165, 1.54) is 12.0 Å². The van der Waals surface area contributed by atoms with Gasteiger partial charge in [0, 0.05) is 12.0 Å². The number of carbonyl (C=O) groups is 2. The van der Waals surface area contributed by atoms with E-state index in [1.807, 2.05) is 6.92 Å². The smallest absolute Gasteiger partial charge is 0.408 e. The molecule has 1 aliphatic rings. The second kappa shape index (κ2) is 4.39. The Morgan fingerprint density at radius 2 is 2.12 bits per heavy atom. The van der Waals surface area contributed by atoms with Crippen LogP contribution in [0.2, 0.25) is 0 Å². The fraction of sp³-hybridized carbons (Fsp3) is 0.667. The largest absolute Gasteiger partial charge is 0.467 e. The first-order chi connectivity index (χ1) is 7.83. The molecule has 1 fully saturated rings. The van der Waals surface area contributed by atoms with Crippen LogP contribution in [0, 0.1) is 5.41 Å². The van der Waals surface area contributed by atoms with E-state index in [1.54, 1.807) is 13.0 Å². The van der Waals surface area contributed by atoms with Gasteiger partial charge in [0.15, 0.2) is 0 Å². The molecule has 0 radical (unpaired) electrons. The minimum absolute atomic E-state index is 0.339. The van der Waals surface area contributed by atoms with Crippen LogP contribution in [0.15, 0.2) is 12.7 Å². The van der Waals surface area contributed by atoms with Crippen molar-refractivity contribution in [3.63, 3.8) is 0 Å². The van der Waals surface area contributed by atoms with E-state index < -0.39 is 23.0 Å². The molecule has 17 heavy (non-hydrogen) atoms. The van der Waals surface area contributed by atoms with Crippen molar-refractivity contribution in [1.29, 1.82) is 0 Å². The maximum atomic E-state index is 12.0. The Morgan fingerprint density at radius 3 is 2.53 bits per heavy atom. The number of hydrogen-bond donors (Lipinski definition) is 1. The molecular formula is C12H19NO4. The molecule has 5 nitrogen and oxygen atoms in total. The normalized spacial score (nSPS) is 32.3. The first-order valence-corrected chi connectivity index (χ1v) is 5.53. The zero-order valence-electron chi connectivity index (χ0n) is 10.5. The van der Waals surface area contributed by atoms with Gasteiger partial charge in [0.2, 0.25) is 0 Å². The lowest BCUT2D eigenvalue weighted by molar-refractivity contribution is -0.157. The van der Waals surface area contributed by atoms with Crippen LogP contribution in [0.5, 0.6) is 0 Å². The summed E-state index contributed by atoms with van der Waals surface area (Å²) in [6.45, 7) is 7.54. The van der Waals surface area contributed by atoms with Gasteiger partial charge in [-0.3, -0.25) is 4.90 Å². The number of amides is 1. The van der Waals surface area contributed by atoms with Gasteiger partial charge in [-0.15, -0.1) is 6.58 Å². The summed E-state index contributed by atoms with van der Waals surface area (Å²) in [7, 11) is 1.28. The standard InChI is InChI=1S/C12H19NO4/c1-5-6-11(2)7-8-13(10(15)16)12(11,3)9(14)17-4/h5H,1,6-8H2,2-4H3,(H,15,16). The van der Waals surface area contributed by atoms with Crippen molar-refractivity contribution in [2.75, 3.05) is 13.7 Å². The second-order valence-corrected chi connectivity index (χ2v) is 4.80. The fourth-order valence-electron chi connectivity index (χ4n) is 2.61. The monoisotopic (exact) mass is 241 g/mol. The number of carboxylic acid groups (broad SMARTS) is 1. The van der Waals surface area contributed by atoms with Crippen molar-refractivity contribution in [3.05, 3.63) is 12.7 Å². The van der Waals surface area contributed by atoms with Crippen molar-refractivity contribution in [1.82, 2.24) is 4.90 Å². The second-order valence-electron chi connectivity index (χ2n) is 4.80. The van der Waals surface area contributed by atoms with Gasteiger partial charge in [0.25, 0.3) is 0 Å². The summed E-state index contributed by atoms with van der Waals surface area (Å²) in [5.74, 6) is -0.512. The molecule has 1 aliphatic heterocycles. The lowest BCUT2D eigenvalue weighted by Gasteiger charge is -2.41. The Balaban J connectivity index is 3.23. The van der Waals surface area contributed by atoms with Crippen molar-refractivity contribution in [2.24, 2.45) is 5.41 Å². The zero-order valence-corrected chi connectivity index (χ0v) is 10.5. The molecule has 0 spiro atoms. The van der Waals surface area contributed by atoms with Crippen LogP contribution in [-0.2, 0) is 9.53 Å². The van der Waals surface area contributed by atoms with Crippen LogP contribution in [0.4, 0.5) is 4.79 Å². The third kappa shape index (κ3) is 1.79. The van der Waals surface area contributed by atoms with Gasteiger partial charge in [-0.1, -0.05) is 13.0 Å². The molecule has 0 bridgehead atoms. The van der Waals surface area contributed by atoms with E-state index in [9.17, 15) is 14.7 Å². The highest BCUT2D eigenvalue weighted by molar-refractivity contribution is 5.86. The SMILES string of the molecule is C=CCC1(C)CCN(C(=O)O)C1(C)C(=O)OC. The van der Waals surface area contributed by atoms with E-state index in [0.717, 1.165) is 0 Å². The van der Waals surface area contributed by atoms with Crippen molar-refractivity contribution < 1.29 is 19.4 Å². The van der Waals surface area contributed by atoms with E-state index in [-0.39, 0.29) is 0 Å². The molecule has 1 heterocycles. The average Bonchev–Trinajstić information content (AvgIpc) is 2.52. The zero-order chi connectivity index (χ0) is 13.3. The van der Waals surface area contributed by atoms with E-state index in [4.69, 9.17) is 4.74 Å². The Hall–Kier alpha value is -1.52. The number of nitrogens with zero attached hydrogens (tertiary/aromatic N) is 1. The number of likely N-dealkylation sites (tertiary alicyclic amines) is 1. The van der Waals surface area contributed by atoms with Gasteiger partial charge < -0.3 is 9.84 Å². The molecule has 0 aromatic carbocycles. The predicted molar refractivity (Wildman–Crippen MR) is 62.7 cm³/mol. The van der Waals surface area contributed by atoms with Crippen LogP contribution in [0.25, 0.3) is 0 Å². The Kier molecular flexibility index (Phi) is 3.50. The number of carbonyl (C=O) groups excluding carboxylic acids is 1. The van der Waals surface area contributed by atoms with Gasteiger partial charge >= 0.3 is 12.1 Å². The number of esters is 1. The molecule has 1 amide bonds. The lowest BCUT2D eigenvalue weighted by atomic mass is 9.70. The molecule has 0 aliphatic carbocycles. The summed E-state index contributed by atoms with van der Waals surface area (Å²) < 4.78 is 4.78. The molecule has 2 atom stereocenters. The molecule has 1 saturated heterocycles. The third-order valence-corrected chi connectivity index (χ3v) is 4.01. The topological polar surface area (TPSA) is 66.8 Å². The van der Waals surface area contributed by atoms with Crippen molar-refractivity contribution >= 4 is 12.1 Å². The number of ether oxygens (including phenoxy) is 1. The third-order valence-electron chi connectivity index (χ3n) is 4.01. The average molecular weight is 241 g/mol. The van der Waals surface area contributed by atoms with Gasteiger partial charge in [0.05, 0.1) is 7.11 Å². The highest BCUT2D eigenvalue weighted by Crippen LogP contribution is 2.48. The number of methoxy groups -OCH3 is 1. The number of hydrogen-bond acceptors (Lipinski definition) is 3. The summed E-state index contributed by atoms with van der Waals surface area (Å²) >= 11 is 0. The lowest BCUT2D eigenvalue weighted by Crippen LogP contribution is -2.58.